The Morgan fingerprint density at radius 2 is 1.61 bits per heavy atom. The van der Waals surface area contributed by atoms with E-state index >= 15 is 0 Å². The number of aryl methyl sites for hydroxylation is 1. The summed E-state index contributed by atoms with van der Waals surface area (Å²) in [6.45, 7) is 8.17. The van der Waals surface area contributed by atoms with Gasteiger partial charge in [-0.1, -0.05) is 55.0 Å². The molecule has 0 saturated heterocycles. The van der Waals surface area contributed by atoms with E-state index in [4.69, 9.17) is 4.74 Å². The lowest BCUT2D eigenvalue weighted by Crippen LogP contribution is -2.43. The second kappa shape index (κ2) is 13.0. The lowest BCUT2D eigenvalue weighted by atomic mass is 10.1. The zero-order valence-corrected chi connectivity index (χ0v) is 22.6. The number of aromatic nitrogens is 1. The van der Waals surface area contributed by atoms with Crippen molar-refractivity contribution in [3.8, 4) is 5.75 Å². The average Bonchev–Trinajstić information content (AvgIpc) is 3.35. The maximum atomic E-state index is 13.7. The largest absolute Gasteiger partial charge is 0.494 e. The minimum Gasteiger partial charge on any atom is -0.494 e. The Morgan fingerprint density at radius 3 is 2.32 bits per heavy atom. The third-order valence-corrected chi connectivity index (χ3v) is 6.69. The Balaban J connectivity index is 1.53. The van der Waals surface area contributed by atoms with Gasteiger partial charge in [-0.25, -0.2) is 0 Å². The highest BCUT2D eigenvalue weighted by Gasteiger charge is 2.22. The van der Waals surface area contributed by atoms with Gasteiger partial charge < -0.3 is 19.5 Å². The molecule has 38 heavy (non-hydrogen) atoms. The molecule has 0 unspecified atom stereocenters. The number of benzene rings is 3. The first kappa shape index (κ1) is 27.0. The van der Waals surface area contributed by atoms with Crippen LogP contribution in [0.4, 0.5) is 0 Å². The number of hydrogen-bond donors (Lipinski definition) is 1. The Labute approximate surface area is 225 Å². The van der Waals surface area contributed by atoms with Crippen molar-refractivity contribution < 1.29 is 14.3 Å². The van der Waals surface area contributed by atoms with Crippen molar-refractivity contribution in [2.45, 2.75) is 40.2 Å². The maximum absolute atomic E-state index is 13.7. The first-order chi connectivity index (χ1) is 18.5. The molecule has 4 aromatic rings. The topological polar surface area (TPSA) is 65.6 Å². The summed E-state index contributed by atoms with van der Waals surface area (Å²) in [7, 11) is 0. The van der Waals surface area contributed by atoms with Crippen molar-refractivity contribution >= 4 is 22.7 Å². The summed E-state index contributed by atoms with van der Waals surface area (Å²) in [4.78, 5) is 33.9. The number of nitrogens with zero attached hydrogens (tertiary/aromatic N) is 2. The van der Waals surface area contributed by atoms with Crippen molar-refractivity contribution in [1.82, 2.24) is 14.8 Å². The van der Waals surface area contributed by atoms with Gasteiger partial charge in [0, 0.05) is 42.3 Å². The van der Waals surface area contributed by atoms with E-state index in [1.165, 1.54) is 10.9 Å². The van der Waals surface area contributed by atoms with Crippen molar-refractivity contribution in [2.75, 3.05) is 26.2 Å². The van der Waals surface area contributed by atoms with Gasteiger partial charge in [0.1, 0.15) is 12.3 Å². The van der Waals surface area contributed by atoms with Crippen LogP contribution in [-0.4, -0.2) is 52.8 Å². The van der Waals surface area contributed by atoms with E-state index in [-0.39, 0.29) is 18.4 Å². The fourth-order valence-electron chi connectivity index (χ4n) is 4.63. The van der Waals surface area contributed by atoms with E-state index in [0.717, 1.165) is 28.8 Å². The van der Waals surface area contributed by atoms with Crippen LogP contribution in [0.15, 0.2) is 79.0 Å². The van der Waals surface area contributed by atoms with Crippen LogP contribution in [0, 0.1) is 6.92 Å². The molecule has 0 bridgehead atoms. The van der Waals surface area contributed by atoms with Crippen molar-refractivity contribution in [2.24, 2.45) is 0 Å². The van der Waals surface area contributed by atoms with Crippen molar-refractivity contribution in [3.05, 3.63) is 101 Å². The van der Waals surface area contributed by atoms with Gasteiger partial charge in [-0.2, -0.15) is 0 Å². The molecule has 4 rings (SSSR count). The number of amides is 2. The Hall–Kier alpha value is -4.06. The fraction of sp³-hybridized carbons (Fsp3) is 0.312. The van der Waals surface area contributed by atoms with Gasteiger partial charge in [0.25, 0.3) is 5.91 Å². The normalized spacial score (nSPS) is 10.9. The second-order valence-corrected chi connectivity index (χ2v) is 9.59. The van der Waals surface area contributed by atoms with Crippen LogP contribution in [0.3, 0.4) is 0 Å². The molecule has 0 saturated carbocycles. The highest BCUT2D eigenvalue weighted by atomic mass is 16.5. The van der Waals surface area contributed by atoms with E-state index in [1.807, 2.05) is 92.5 Å². The molecular weight excluding hydrogens is 474 g/mol. The molecule has 0 atom stereocenters. The predicted octanol–water partition coefficient (Wildman–Crippen LogP) is 6.00. The summed E-state index contributed by atoms with van der Waals surface area (Å²) in [5, 5.41) is 1.17. The van der Waals surface area contributed by atoms with Crippen LogP contribution in [0.5, 0.6) is 5.75 Å². The molecule has 1 aromatic heterocycles. The van der Waals surface area contributed by atoms with E-state index < -0.39 is 0 Å². The number of carbonyl (C=O) groups is 2. The molecule has 0 aliphatic carbocycles. The van der Waals surface area contributed by atoms with Gasteiger partial charge >= 0.3 is 0 Å². The van der Waals surface area contributed by atoms with Crippen LogP contribution in [0.2, 0.25) is 0 Å². The number of nitrogens with one attached hydrogen (secondary N) is 1. The Bertz CT molecular complexity index is 1340. The van der Waals surface area contributed by atoms with E-state index in [9.17, 15) is 9.59 Å². The molecule has 0 aliphatic rings. The summed E-state index contributed by atoms with van der Waals surface area (Å²) in [6.07, 6.45) is 3.51. The molecule has 0 fully saturated rings. The second-order valence-electron chi connectivity index (χ2n) is 9.59. The zero-order valence-electron chi connectivity index (χ0n) is 22.6. The van der Waals surface area contributed by atoms with Crippen LogP contribution >= 0.6 is 0 Å². The molecule has 2 amide bonds. The third kappa shape index (κ3) is 6.82. The van der Waals surface area contributed by atoms with Crippen LogP contribution in [0.1, 0.15) is 47.3 Å². The zero-order chi connectivity index (χ0) is 26.9. The standard InChI is InChI=1S/C32H37N3O3/c1-4-19-35(32(37)26-14-10-24(3)11-15-26)23-31(36)34(22-25-12-16-28(17-13-25)38-5-2)20-18-27-21-33-30-9-7-6-8-29(27)30/h6-17,21,33H,4-5,18-20,22-23H2,1-3H3. The molecule has 0 radical (unpaired) electrons. The molecule has 6 heteroatoms. The van der Waals surface area contributed by atoms with Crippen LogP contribution < -0.4 is 4.74 Å². The van der Waals surface area contributed by atoms with Crippen LogP contribution in [-0.2, 0) is 17.8 Å². The summed E-state index contributed by atoms with van der Waals surface area (Å²) in [6, 6.07) is 23.6. The Kier molecular flexibility index (Phi) is 9.20. The van der Waals surface area contributed by atoms with E-state index in [0.29, 0.717) is 38.2 Å². The Morgan fingerprint density at radius 1 is 0.868 bits per heavy atom. The highest BCUT2D eigenvalue weighted by Crippen LogP contribution is 2.20. The number of aromatic amines is 1. The number of carbonyl (C=O) groups excluding carboxylic acids is 2. The first-order valence-electron chi connectivity index (χ1n) is 13.4. The lowest BCUT2D eigenvalue weighted by Gasteiger charge is -2.28. The number of H-pyrrole nitrogens is 1. The maximum Gasteiger partial charge on any atom is 0.254 e. The summed E-state index contributed by atoms with van der Waals surface area (Å²) >= 11 is 0. The lowest BCUT2D eigenvalue weighted by molar-refractivity contribution is -0.132. The van der Waals surface area contributed by atoms with Gasteiger partial charge in [-0.15, -0.1) is 0 Å². The van der Waals surface area contributed by atoms with Crippen molar-refractivity contribution in [3.63, 3.8) is 0 Å². The van der Waals surface area contributed by atoms with Gasteiger partial charge in [0.15, 0.2) is 0 Å². The number of fused-ring (bicyclic) bond motifs is 1. The number of hydrogen-bond acceptors (Lipinski definition) is 3. The highest BCUT2D eigenvalue weighted by molar-refractivity contribution is 5.96. The molecule has 3 aromatic carbocycles. The average molecular weight is 512 g/mol. The minimum absolute atomic E-state index is 0.0471. The predicted molar refractivity (Wildman–Crippen MR) is 152 cm³/mol. The van der Waals surface area contributed by atoms with Gasteiger partial charge in [0.05, 0.1) is 6.61 Å². The molecule has 6 nitrogen and oxygen atoms in total. The molecular formula is C32H37N3O3. The molecule has 0 spiro atoms. The summed E-state index contributed by atoms with van der Waals surface area (Å²) < 4.78 is 5.58. The van der Waals surface area contributed by atoms with E-state index in [1.54, 1.807) is 4.90 Å². The third-order valence-electron chi connectivity index (χ3n) is 6.69. The smallest absolute Gasteiger partial charge is 0.254 e. The number of para-hydroxylation sites is 1. The monoisotopic (exact) mass is 511 g/mol. The number of rotatable bonds is 12. The summed E-state index contributed by atoms with van der Waals surface area (Å²) in [5.41, 5.74) is 4.98. The SMILES string of the molecule is CCCN(CC(=O)N(CCc1c[nH]c2ccccc12)Cc1ccc(OCC)cc1)C(=O)c1ccc(C)cc1. The van der Waals surface area contributed by atoms with Gasteiger partial charge in [-0.3, -0.25) is 9.59 Å². The molecule has 0 aliphatic heterocycles. The van der Waals surface area contributed by atoms with Gasteiger partial charge in [-0.05, 0) is 68.1 Å². The quantitative estimate of drug-likeness (QED) is 0.254. The van der Waals surface area contributed by atoms with E-state index in [2.05, 4.69) is 17.1 Å². The minimum atomic E-state index is -0.113. The number of ether oxygens (including phenoxy) is 1. The van der Waals surface area contributed by atoms with Crippen LogP contribution in [0.25, 0.3) is 10.9 Å². The first-order valence-corrected chi connectivity index (χ1v) is 13.4. The fourth-order valence-corrected chi connectivity index (χ4v) is 4.63. The molecule has 1 N–H and O–H groups in total. The van der Waals surface area contributed by atoms with Crippen molar-refractivity contribution in [1.29, 1.82) is 0 Å². The summed E-state index contributed by atoms with van der Waals surface area (Å²) in [5.74, 6) is 0.635. The molecule has 198 valence electrons. The molecule has 1 heterocycles. The van der Waals surface area contributed by atoms with Gasteiger partial charge in [0.2, 0.25) is 5.91 Å².